The largest absolute Gasteiger partial charge is 0.379 e. The zero-order chi connectivity index (χ0) is 23.5. The van der Waals surface area contributed by atoms with Gasteiger partial charge in [0.1, 0.15) is 11.9 Å². The van der Waals surface area contributed by atoms with E-state index in [0.29, 0.717) is 40.1 Å². The molecule has 33 heavy (non-hydrogen) atoms. The van der Waals surface area contributed by atoms with Crippen molar-refractivity contribution in [2.24, 2.45) is 0 Å². The third kappa shape index (κ3) is 4.56. The van der Waals surface area contributed by atoms with Crippen molar-refractivity contribution in [1.82, 2.24) is 19.9 Å². The fraction of sp³-hybridized carbons (Fsp3) is 0.130. The van der Waals surface area contributed by atoms with Crippen LogP contribution in [0.2, 0.25) is 5.02 Å². The minimum absolute atomic E-state index is 0.0535. The van der Waals surface area contributed by atoms with E-state index in [9.17, 15) is 14.4 Å². The lowest BCUT2D eigenvalue weighted by molar-refractivity contribution is 0.0829. The molecule has 2 aromatic carbocycles. The van der Waals surface area contributed by atoms with Gasteiger partial charge in [0.2, 0.25) is 0 Å². The first kappa shape index (κ1) is 22.0. The van der Waals surface area contributed by atoms with Gasteiger partial charge in [-0.3, -0.25) is 9.78 Å². The van der Waals surface area contributed by atoms with E-state index in [0.717, 1.165) is 5.69 Å². The second kappa shape index (κ2) is 9.14. The Morgan fingerprint density at radius 1 is 1.24 bits per heavy atom. The molecular formula is C23H19ClFN7O. The monoisotopic (exact) mass is 463 g/mol. The number of benzene rings is 2. The number of nitrogens with zero attached hydrogens (tertiary/aromatic N) is 4. The van der Waals surface area contributed by atoms with E-state index in [1.165, 1.54) is 29.3 Å². The van der Waals surface area contributed by atoms with Gasteiger partial charge >= 0.3 is 0 Å². The van der Waals surface area contributed by atoms with E-state index in [1.807, 2.05) is 0 Å². The van der Waals surface area contributed by atoms with Crippen LogP contribution in [-0.4, -0.2) is 39.9 Å². The van der Waals surface area contributed by atoms with Crippen molar-refractivity contribution < 1.29 is 9.18 Å². The topological polar surface area (TPSA) is 110 Å². The van der Waals surface area contributed by atoms with Crippen LogP contribution in [0.15, 0.2) is 49.1 Å². The highest BCUT2D eigenvalue weighted by Crippen LogP contribution is 2.34. The molecule has 166 valence electrons. The van der Waals surface area contributed by atoms with Gasteiger partial charge in [-0.15, -0.1) is 0 Å². The number of rotatable bonds is 6. The van der Waals surface area contributed by atoms with Crippen LogP contribution in [-0.2, 0) is 6.54 Å². The molecule has 0 saturated carbocycles. The molecule has 8 nitrogen and oxygen atoms in total. The fourth-order valence-electron chi connectivity index (χ4n) is 3.33. The smallest absolute Gasteiger partial charge is 0.255 e. The highest BCUT2D eigenvalue weighted by Gasteiger charge is 2.19. The normalized spacial score (nSPS) is 10.6. The first-order valence-electron chi connectivity index (χ1n) is 9.89. The van der Waals surface area contributed by atoms with E-state index >= 15 is 0 Å². The van der Waals surface area contributed by atoms with Crippen LogP contribution in [0.3, 0.4) is 0 Å². The average Bonchev–Trinajstić information content (AvgIpc) is 3.33. The molecule has 0 saturated heterocycles. The summed E-state index contributed by atoms with van der Waals surface area (Å²) < 4.78 is 13.6. The van der Waals surface area contributed by atoms with Gasteiger partial charge in [0.15, 0.2) is 0 Å². The Morgan fingerprint density at radius 3 is 2.73 bits per heavy atom. The van der Waals surface area contributed by atoms with Crippen LogP contribution in [0.5, 0.6) is 0 Å². The quantitative estimate of drug-likeness (QED) is 0.383. The highest BCUT2D eigenvalue weighted by molar-refractivity contribution is 6.31. The number of amides is 1. The first-order valence-corrected chi connectivity index (χ1v) is 10.3. The number of H-pyrrole nitrogens is 1. The molecule has 0 unspecified atom stereocenters. The summed E-state index contributed by atoms with van der Waals surface area (Å²) in [6.45, 7) is 0.447. The number of aromatic nitrogens is 3. The first-order chi connectivity index (χ1) is 15.9. The second-order valence-corrected chi connectivity index (χ2v) is 7.87. The molecule has 0 spiro atoms. The molecular weight excluding hydrogens is 445 g/mol. The van der Waals surface area contributed by atoms with Crippen molar-refractivity contribution in [3.8, 4) is 6.07 Å². The van der Waals surface area contributed by atoms with Crippen molar-refractivity contribution in [3.05, 3.63) is 76.7 Å². The number of anilines is 3. The number of nitriles is 1. The Bertz CT molecular complexity index is 1380. The number of pyridine rings is 1. The van der Waals surface area contributed by atoms with Gasteiger partial charge in [0.05, 0.1) is 45.9 Å². The van der Waals surface area contributed by atoms with Crippen LogP contribution < -0.4 is 10.6 Å². The summed E-state index contributed by atoms with van der Waals surface area (Å²) in [5.74, 6) is -0.787. The minimum Gasteiger partial charge on any atom is -0.379 e. The van der Waals surface area contributed by atoms with Crippen molar-refractivity contribution in [1.29, 1.82) is 5.26 Å². The zero-order valence-electron chi connectivity index (χ0n) is 17.8. The maximum absolute atomic E-state index is 13.6. The van der Waals surface area contributed by atoms with E-state index in [1.54, 1.807) is 38.8 Å². The lowest BCUT2D eigenvalue weighted by Crippen LogP contribution is -2.22. The molecule has 4 rings (SSSR count). The summed E-state index contributed by atoms with van der Waals surface area (Å²) in [5, 5.41) is 16.6. The molecule has 0 aliphatic carbocycles. The Hall–Kier alpha value is -4.16. The standard InChI is InChI=1S/C23H19ClFN7O/c1-32(2)23(33)18-6-15(28-11-16-10-27-12-30-16)5-17-21(13(8-26)9-29-22(17)18)31-14-3-4-20(25)19(24)7-14/h3-7,9-10,12,28H,11H2,1-2H3,(H,27,30)(H,29,31). The molecule has 0 radical (unpaired) electrons. The molecule has 1 amide bonds. The molecule has 0 bridgehead atoms. The number of aromatic amines is 1. The predicted octanol–water partition coefficient (Wildman–Crippen LogP) is 4.68. The Labute approximate surface area is 194 Å². The molecule has 10 heteroatoms. The number of carbonyl (C=O) groups excluding carboxylic acids is 1. The molecule has 0 aliphatic rings. The zero-order valence-corrected chi connectivity index (χ0v) is 18.5. The highest BCUT2D eigenvalue weighted by atomic mass is 35.5. The summed E-state index contributed by atoms with van der Waals surface area (Å²) in [7, 11) is 3.31. The minimum atomic E-state index is -0.550. The number of hydrogen-bond acceptors (Lipinski definition) is 6. The SMILES string of the molecule is CN(C)C(=O)c1cc(NCc2cnc[nH]2)cc2c(Nc3ccc(F)c(Cl)c3)c(C#N)cnc12. The van der Waals surface area contributed by atoms with Crippen LogP contribution in [0.4, 0.5) is 21.5 Å². The van der Waals surface area contributed by atoms with Gasteiger partial charge in [0, 0.05) is 43.3 Å². The molecule has 3 N–H and O–H groups in total. The van der Waals surface area contributed by atoms with E-state index in [2.05, 4.69) is 31.7 Å². The summed E-state index contributed by atoms with van der Waals surface area (Å²) in [6.07, 6.45) is 4.68. The van der Waals surface area contributed by atoms with Crippen molar-refractivity contribution in [3.63, 3.8) is 0 Å². The number of fused-ring (bicyclic) bond motifs is 1. The number of imidazole rings is 1. The summed E-state index contributed by atoms with van der Waals surface area (Å²) in [6, 6.07) is 9.82. The van der Waals surface area contributed by atoms with E-state index in [-0.39, 0.29) is 16.5 Å². The number of halogens is 2. The maximum Gasteiger partial charge on any atom is 0.255 e. The van der Waals surface area contributed by atoms with Gasteiger partial charge in [-0.1, -0.05) is 11.6 Å². The summed E-state index contributed by atoms with van der Waals surface area (Å²) >= 11 is 5.93. The third-order valence-corrected chi connectivity index (χ3v) is 5.24. The third-order valence-electron chi connectivity index (χ3n) is 4.96. The maximum atomic E-state index is 13.6. The summed E-state index contributed by atoms with van der Waals surface area (Å²) in [5.41, 5.74) is 3.49. The lowest BCUT2D eigenvalue weighted by Gasteiger charge is -2.17. The van der Waals surface area contributed by atoms with Gasteiger partial charge in [-0.25, -0.2) is 9.37 Å². The summed E-state index contributed by atoms with van der Waals surface area (Å²) in [4.78, 5) is 25.8. The molecule has 4 aromatic rings. The average molecular weight is 464 g/mol. The van der Waals surface area contributed by atoms with Crippen LogP contribution in [0.25, 0.3) is 10.9 Å². The molecule has 2 aromatic heterocycles. The lowest BCUT2D eigenvalue weighted by atomic mass is 10.0. The van der Waals surface area contributed by atoms with Crippen molar-refractivity contribution >= 4 is 45.5 Å². The van der Waals surface area contributed by atoms with Crippen LogP contribution >= 0.6 is 11.6 Å². The molecule has 0 atom stereocenters. The van der Waals surface area contributed by atoms with Gasteiger partial charge in [-0.2, -0.15) is 5.26 Å². The van der Waals surface area contributed by atoms with Crippen molar-refractivity contribution in [2.45, 2.75) is 6.54 Å². The Balaban J connectivity index is 1.88. The molecule has 0 aliphatic heterocycles. The Morgan fingerprint density at radius 2 is 2.06 bits per heavy atom. The Kier molecular flexibility index (Phi) is 6.11. The van der Waals surface area contributed by atoms with Crippen molar-refractivity contribution in [2.75, 3.05) is 24.7 Å². The van der Waals surface area contributed by atoms with Gasteiger partial charge in [-0.05, 0) is 30.3 Å². The number of carbonyl (C=O) groups is 1. The second-order valence-electron chi connectivity index (χ2n) is 7.46. The number of hydrogen-bond donors (Lipinski definition) is 3. The van der Waals surface area contributed by atoms with Gasteiger partial charge < -0.3 is 20.5 Å². The predicted molar refractivity (Wildman–Crippen MR) is 125 cm³/mol. The van der Waals surface area contributed by atoms with E-state index < -0.39 is 5.82 Å². The van der Waals surface area contributed by atoms with Crippen LogP contribution in [0, 0.1) is 17.1 Å². The van der Waals surface area contributed by atoms with E-state index in [4.69, 9.17) is 11.6 Å². The molecule has 0 fully saturated rings. The van der Waals surface area contributed by atoms with Gasteiger partial charge in [0.25, 0.3) is 5.91 Å². The fourth-order valence-corrected chi connectivity index (χ4v) is 3.51. The van der Waals surface area contributed by atoms with Crippen LogP contribution in [0.1, 0.15) is 21.6 Å². The number of nitrogens with one attached hydrogen (secondary N) is 3. The molecule has 2 heterocycles.